The van der Waals surface area contributed by atoms with Crippen LogP contribution in [0.4, 0.5) is 0 Å². The van der Waals surface area contributed by atoms with Crippen molar-refractivity contribution in [2.75, 3.05) is 28.4 Å². The van der Waals surface area contributed by atoms with E-state index in [-0.39, 0.29) is 33.9 Å². The van der Waals surface area contributed by atoms with Crippen LogP contribution in [0.1, 0.15) is 0 Å². The van der Waals surface area contributed by atoms with Crippen molar-refractivity contribution in [1.82, 2.24) is 15.0 Å². The summed E-state index contributed by atoms with van der Waals surface area (Å²) in [6, 6.07) is 11.0. The van der Waals surface area contributed by atoms with Gasteiger partial charge in [-0.2, -0.15) is 0 Å². The molecule has 3 heterocycles. The maximum absolute atomic E-state index is 12.7. The third-order valence-corrected chi connectivity index (χ3v) is 5.45. The molecule has 0 saturated carbocycles. The predicted molar refractivity (Wildman–Crippen MR) is 129 cm³/mol. The highest BCUT2D eigenvalue weighted by atomic mass is 16.5. The van der Waals surface area contributed by atoms with E-state index < -0.39 is 11.3 Å². The summed E-state index contributed by atoms with van der Waals surface area (Å²) in [5, 5.41) is 0.443. The molecule has 0 radical (unpaired) electrons. The van der Waals surface area contributed by atoms with E-state index in [9.17, 15) is 9.59 Å². The Balaban J connectivity index is 1.63. The first-order chi connectivity index (χ1) is 17.4. The second-order valence-corrected chi connectivity index (χ2v) is 7.47. The monoisotopic (exact) mass is 489 g/mol. The Hall–Kier alpha value is -4.93. The number of hydrogen-bond acceptors (Lipinski definition) is 11. The van der Waals surface area contributed by atoms with E-state index in [2.05, 4.69) is 15.0 Å². The van der Waals surface area contributed by atoms with Crippen LogP contribution < -0.4 is 30.2 Å². The van der Waals surface area contributed by atoms with Gasteiger partial charge in [0.15, 0.2) is 23.0 Å². The quantitative estimate of drug-likeness (QED) is 0.347. The van der Waals surface area contributed by atoms with Crippen LogP contribution in [0.5, 0.6) is 23.0 Å². The highest BCUT2D eigenvalue weighted by molar-refractivity contribution is 5.83. The van der Waals surface area contributed by atoms with Crippen molar-refractivity contribution in [3.8, 4) is 46.2 Å². The van der Waals surface area contributed by atoms with Gasteiger partial charge in [0.1, 0.15) is 11.4 Å². The molecule has 0 saturated heterocycles. The van der Waals surface area contributed by atoms with Gasteiger partial charge in [0.25, 0.3) is 0 Å². The van der Waals surface area contributed by atoms with Gasteiger partial charge in [0.05, 0.1) is 50.2 Å². The highest BCUT2D eigenvalue weighted by Crippen LogP contribution is 2.32. The van der Waals surface area contributed by atoms with Crippen LogP contribution in [-0.2, 0) is 0 Å². The molecule has 0 N–H and O–H groups in total. The molecule has 3 aromatic heterocycles. The van der Waals surface area contributed by atoms with Gasteiger partial charge < -0.3 is 27.8 Å². The van der Waals surface area contributed by atoms with Gasteiger partial charge >= 0.3 is 11.3 Å². The molecule has 0 bridgehead atoms. The van der Waals surface area contributed by atoms with Gasteiger partial charge in [-0.05, 0) is 12.1 Å². The molecule has 0 amide bonds. The van der Waals surface area contributed by atoms with Gasteiger partial charge in [-0.15, -0.1) is 0 Å². The first-order valence-electron chi connectivity index (χ1n) is 10.6. The van der Waals surface area contributed by atoms with Crippen LogP contribution in [0.2, 0.25) is 0 Å². The van der Waals surface area contributed by atoms with Crippen molar-refractivity contribution >= 4 is 21.8 Å². The SMILES string of the molecule is COc1cc2nc(-c3cccc(-c4nc5cc(OC)c(OC)cc5c(=O)o4)n3)oc(=O)c2cc1OC. The normalized spacial score (nSPS) is 11.0. The van der Waals surface area contributed by atoms with Gasteiger partial charge in [0.2, 0.25) is 11.8 Å². The zero-order valence-corrected chi connectivity index (χ0v) is 19.6. The average Bonchev–Trinajstić information content (AvgIpc) is 2.91. The van der Waals surface area contributed by atoms with Crippen molar-refractivity contribution in [3.05, 3.63) is 63.3 Å². The minimum atomic E-state index is -0.625. The highest BCUT2D eigenvalue weighted by Gasteiger charge is 2.17. The number of aromatic nitrogens is 3. The molecule has 5 rings (SSSR count). The predicted octanol–water partition coefficient (Wildman–Crippen LogP) is 3.45. The van der Waals surface area contributed by atoms with Gasteiger partial charge in [0, 0.05) is 24.3 Å². The fraction of sp³-hybridized carbons (Fsp3) is 0.160. The zero-order chi connectivity index (χ0) is 25.4. The zero-order valence-electron chi connectivity index (χ0n) is 19.6. The summed E-state index contributed by atoms with van der Waals surface area (Å²) in [6.07, 6.45) is 0. The first kappa shape index (κ1) is 22.8. The van der Waals surface area contributed by atoms with Crippen molar-refractivity contribution in [1.29, 1.82) is 0 Å². The number of pyridine rings is 1. The molecular formula is C25H19N3O8. The van der Waals surface area contributed by atoms with Crippen molar-refractivity contribution < 1.29 is 27.8 Å². The van der Waals surface area contributed by atoms with Crippen molar-refractivity contribution in [2.24, 2.45) is 0 Å². The summed E-state index contributed by atoms with van der Waals surface area (Å²) in [6.45, 7) is 0. The number of benzene rings is 2. The molecular weight excluding hydrogens is 470 g/mol. The van der Waals surface area contributed by atoms with E-state index >= 15 is 0 Å². The fourth-order valence-electron chi connectivity index (χ4n) is 3.69. The minimum absolute atomic E-state index is 0.0314. The lowest BCUT2D eigenvalue weighted by Gasteiger charge is -2.09. The molecule has 0 aliphatic carbocycles. The fourth-order valence-corrected chi connectivity index (χ4v) is 3.69. The average molecular weight is 489 g/mol. The number of fused-ring (bicyclic) bond motifs is 2. The molecule has 0 aliphatic heterocycles. The minimum Gasteiger partial charge on any atom is -0.493 e. The molecule has 182 valence electrons. The Labute approximate surface area is 202 Å². The van der Waals surface area contributed by atoms with Gasteiger partial charge in [-0.25, -0.2) is 24.5 Å². The molecule has 0 fully saturated rings. The molecule has 36 heavy (non-hydrogen) atoms. The Morgan fingerprint density at radius 1 is 0.583 bits per heavy atom. The summed E-state index contributed by atoms with van der Waals surface area (Å²) in [4.78, 5) is 38.7. The molecule has 0 atom stereocenters. The Morgan fingerprint density at radius 2 is 0.972 bits per heavy atom. The second kappa shape index (κ2) is 9.02. The van der Waals surface area contributed by atoms with Crippen LogP contribution in [-0.4, -0.2) is 43.4 Å². The van der Waals surface area contributed by atoms with Crippen molar-refractivity contribution in [3.63, 3.8) is 0 Å². The Morgan fingerprint density at radius 3 is 1.36 bits per heavy atom. The lowest BCUT2D eigenvalue weighted by atomic mass is 10.2. The lowest BCUT2D eigenvalue weighted by molar-refractivity contribution is 0.355. The van der Waals surface area contributed by atoms with E-state index in [1.807, 2.05) is 0 Å². The summed E-state index contributed by atoms with van der Waals surface area (Å²) in [5.41, 5.74) is -0.111. The van der Waals surface area contributed by atoms with E-state index in [1.165, 1.54) is 40.6 Å². The smallest absolute Gasteiger partial charge is 0.347 e. The summed E-state index contributed by atoms with van der Waals surface area (Å²) >= 11 is 0. The van der Waals surface area contributed by atoms with Crippen LogP contribution in [0.3, 0.4) is 0 Å². The third-order valence-electron chi connectivity index (χ3n) is 5.45. The summed E-state index contributed by atoms with van der Waals surface area (Å²) in [5.74, 6) is 1.50. The van der Waals surface area contributed by atoms with E-state index in [4.69, 9.17) is 27.8 Å². The second-order valence-electron chi connectivity index (χ2n) is 7.47. The van der Waals surface area contributed by atoms with Crippen LogP contribution in [0.15, 0.2) is 60.9 Å². The number of rotatable bonds is 6. The number of hydrogen-bond donors (Lipinski definition) is 0. The summed E-state index contributed by atoms with van der Waals surface area (Å²) < 4.78 is 31.9. The number of ether oxygens (including phenoxy) is 4. The lowest BCUT2D eigenvalue weighted by Crippen LogP contribution is -2.06. The molecule has 0 aliphatic rings. The summed E-state index contributed by atoms with van der Waals surface area (Å²) in [7, 11) is 5.90. The van der Waals surface area contributed by atoms with Crippen LogP contribution in [0, 0.1) is 0 Å². The van der Waals surface area contributed by atoms with Gasteiger partial charge in [-0.3, -0.25) is 0 Å². The molecule has 11 heteroatoms. The Kier molecular flexibility index (Phi) is 5.72. The topological polar surface area (TPSA) is 136 Å². The van der Waals surface area contributed by atoms with E-state index in [0.29, 0.717) is 34.0 Å². The molecule has 0 unspecified atom stereocenters. The van der Waals surface area contributed by atoms with Crippen LogP contribution >= 0.6 is 0 Å². The maximum Gasteiger partial charge on any atom is 0.347 e. The van der Waals surface area contributed by atoms with Crippen LogP contribution in [0.25, 0.3) is 45.0 Å². The van der Waals surface area contributed by atoms with E-state index in [0.717, 1.165) is 0 Å². The van der Waals surface area contributed by atoms with Gasteiger partial charge in [-0.1, -0.05) is 6.07 Å². The maximum atomic E-state index is 12.7. The molecule has 2 aromatic carbocycles. The van der Waals surface area contributed by atoms with E-state index in [1.54, 1.807) is 30.3 Å². The largest absolute Gasteiger partial charge is 0.493 e. The Bertz CT molecular complexity index is 1620. The molecule has 5 aromatic rings. The standard InChI is InChI=1S/C25H19N3O8/c1-31-18-8-12-16(10-20(18)33-3)27-22(35-24(12)29)14-6-5-7-15(26-14)23-28-17-11-21(34-4)19(32-2)9-13(17)25(30)36-23/h5-11H,1-4H3. The number of nitrogens with zero attached hydrogens (tertiary/aromatic N) is 3. The molecule has 11 nitrogen and oxygen atoms in total. The number of methoxy groups -OCH3 is 4. The molecule has 0 spiro atoms. The van der Waals surface area contributed by atoms with Crippen molar-refractivity contribution in [2.45, 2.75) is 0 Å². The first-order valence-corrected chi connectivity index (χ1v) is 10.6. The third kappa shape index (κ3) is 3.86.